The molecule has 9 heteroatoms. The monoisotopic (exact) mass is 474 g/mol. The van der Waals surface area contributed by atoms with Gasteiger partial charge >= 0.3 is 0 Å². The lowest BCUT2D eigenvalue weighted by Crippen LogP contribution is -2.36. The summed E-state index contributed by atoms with van der Waals surface area (Å²) in [5.41, 5.74) is 1.33. The highest BCUT2D eigenvalue weighted by atomic mass is 32.2. The quantitative estimate of drug-likeness (QED) is 0.605. The number of hydrogen-bond donors (Lipinski definition) is 1. The molecule has 2 heterocycles. The molecule has 1 aliphatic heterocycles. The van der Waals surface area contributed by atoms with Crippen molar-refractivity contribution in [2.45, 2.75) is 50.7 Å². The first kappa shape index (κ1) is 22.0. The molecule has 1 saturated carbocycles. The molecule has 6 nitrogen and oxygen atoms in total. The largest absolute Gasteiger partial charge is 0.483 e. The third-order valence-corrected chi connectivity index (χ3v) is 7.99. The van der Waals surface area contributed by atoms with Gasteiger partial charge < -0.3 is 9.15 Å². The second-order valence-corrected chi connectivity index (χ2v) is 10.8. The molecule has 2 aliphatic rings. The molecule has 5 rings (SSSR count). The number of rotatable bonds is 3. The molecular formula is C24H24F2N2O4S. The van der Waals surface area contributed by atoms with Crippen LogP contribution in [0.2, 0.25) is 0 Å². The summed E-state index contributed by atoms with van der Waals surface area (Å²) in [6.07, 6.45) is 3.76. The second-order valence-electron chi connectivity index (χ2n) is 8.78. The van der Waals surface area contributed by atoms with Crippen molar-refractivity contribution in [1.82, 2.24) is 9.71 Å². The van der Waals surface area contributed by atoms with Gasteiger partial charge in [-0.25, -0.2) is 26.9 Å². The van der Waals surface area contributed by atoms with Gasteiger partial charge in [0.15, 0.2) is 11.6 Å². The summed E-state index contributed by atoms with van der Waals surface area (Å²) in [5, 5.41) is 0. The number of nitrogens with zero attached hydrogens (tertiary/aromatic N) is 1. The van der Waals surface area contributed by atoms with Crippen molar-refractivity contribution in [3.05, 3.63) is 71.4 Å². The third-order valence-electron chi connectivity index (χ3n) is 6.54. The van der Waals surface area contributed by atoms with E-state index in [4.69, 9.17) is 9.15 Å². The predicted octanol–water partition coefficient (Wildman–Crippen LogP) is 4.48. The molecule has 2 aromatic carbocycles. The Hall–Kier alpha value is -2.78. The smallest absolute Gasteiger partial charge is 0.211 e. The zero-order valence-electron chi connectivity index (χ0n) is 18.1. The number of sulfonamides is 1. The maximum absolute atomic E-state index is 14.9. The fourth-order valence-electron chi connectivity index (χ4n) is 4.90. The predicted molar refractivity (Wildman–Crippen MR) is 118 cm³/mol. The van der Waals surface area contributed by atoms with Gasteiger partial charge in [0.1, 0.15) is 24.4 Å². The Balaban J connectivity index is 1.60. The highest BCUT2D eigenvalue weighted by molar-refractivity contribution is 7.89. The topological polar surface area (TPSA) is 81.4 Å². The van der Waals surface area contributed by atoms with Crippen molar-refractivity contribution < 1.29 is 26.4 Å². The van der Waals surface area contributed by atoms with E-state index in [1.165, 1.54) is 24.5 Å². The molecule has 3 aromatic rings. The van der Waals surface area contributed by atoms with Gasteiger partial charge in [-0.1, -0.05) is 18.2 Å². The summed E-state index contributed by atoms with van der Waals surface area (Å²) in [6.45, 7) is 1.56. The first-order valence-corrected chi connectivity index (χ1v) is 12.6. The number of halogens is 2. The summed E-state index contributed by atoms with van der Waals surface area (Å²) < 4.78 is 68.1. The number of fused-ring (bicyclic) bond motifs is 7. The molecule has 1 fully saturated rings. The lowest BCUT2D eigenvalue weighted by molar-refractivity contribution is 0.286. The first-order chi connectivity index (χ1) is 15.8. The summed E-state index contributed by atoms with van der Waals surface area (Å²) in [7, 11) is -3.36. The van der Waals surface area contributed by atoms with Crippen LogP contribution in [-0.2, 0) is 28.5 Å². The number of oxazole rings is 1. The lowest BCUT2D eigenvalue weighted by atomic mass is 9.79. The van der Waals surface area contributed by atoms with Crippen molar-refractivity contribution in [3.8, 4) is 16.9 Å². The SMILES string of the molecule is CCS(=O)(=O)N[C@H]1CC[C@@]2(Cc3ccc(F)c(c3)-c3cccc(F)c3OCc3coc2n3)C1. The molecule has 4 bridgehead atoms. The number of ether oxygens (including phenoxy) is 1. The zero-order chi connectivity index (χ0) is 23.2. The maximum atomic E-state index is 14.9. The Bertz CT molecular complexity index is 1310. The van der Waals surface area contributed by atoms with Gasteiger partial charge in [0.2, 0.25) is 15.9 Å². The summed E-state index contributed by atoms with van der Waals surface area (Å²) >= 11 is 0. The summed E-state index contributed by atoms with van der Waals surface area (Å²) in [5.74, 6) is -0.607. The van der Waals surface area contributed by atoms with Crippen LogP contribution in [0, 0.1) is 11.6 Å². The minimum atomic E-state index is -3.36. The van der Waals surface area contributed by atoms with Crippen LogP contribution in [0.5, 0.6) is 5.75 Å². The van der Waals surface area contributed by atoms with Crippen LogP contribution in [0.3, 0.4) is 0 Å². The van der Waals surface area contributed by atoms with Crippen molar-refractivity contribution in [2.75, 3.05) is 5.75 Å². The van der Waals surface area contributed by atoms with E-state index in [9.17, 15) is 17.2 Å². The standard InChI is InChI=1S/C24H24F2N2O4S/c1-2-33(29,30)28-16-8-9-24(12-16)11-15-6-7-20(25)19(10-15)18-4-3-5-21(26)22(18)31-13-17-14-32-23(24)27-17/h3-7,10,14,16,28H,2,8-9,11-13H2,1H3/t16-,24+/m0/s1. The summed E-state index contributed by atoms with van der Waals surface area (Å²) in [4.78, 5) is 4.62. The Kier molecular flexibility index (Phi) is 5.49. The third kappa shape index (κ3) is 4.15. The second kappa shape index (κ2) is 8.22. The number of nitrogens with one attached hydrogen (secondary N) is 1. The first-order valence-electron chi connectivity index (χ1n) is 10.9. The minimum absolute atomic E-state index is 0.00821. The highest BCUT2D eigenvalue weighted by Gasteiger charge is 2.45. The molecule has 1 aromatic heterocycles. The van der Waals surface area contributed by atoms with E-state index in [0.717, 1.165) is 5.56 Å². The highest BCUT2D eigenvalue weighted by Crippen LogP contribution is 2.45. The van der Waals surface area contributed by atoms with Crippen LogP contribution in [0.25, 0.3) is 11.1 Å². The average Bonchev–Trinajstić information content (AvgIpc) is 3.41. The molecule has 1 aliphatic carbocycles. The molecule has 0 radical (unpaired) electrons. The van der Waals surface area contributed by atoms with E-state index in [1.807, 2.05) is 0 Å². The van der Waals surface area contributed by atoms with Crippen LogP contribution in [0.4, 0.5) is 8.78 Å². The minimum Gasteiger partial charge on any atom is -0.483 e. The Morgan fingerprint density at radius 3 is 2.85 bits per heavy atom. The normalized spacial score (nSPS) is 22.3. The number of para-hydroxylation sites is 1. The number of aromatic nitrogens is 1. The molecule has 0 saturated heterocycles. The van der Waals surface area contributed by atoms with Crippen LogP contribution >= 0.6 is 0 Å². The molecular weight excluding hydrogens is 450 g/mol. The maximum Gasteiger partial charge on any atom is 0.211 e. The Morgan fingerprint density at radius 2 is 2.03 bits per heavy atom. The number of hydrogen-bond acceptors (Lipinski definition) is 5. The average molecular weight is 475 g/mol. The Labute approximate surface area is 191 Å². The van der Waals surface area contributed by atoms with Crippen LogP contribution in [0.15, 0.2) is 47.1 Å². The van der Waals surface area contributed by atoms with Gasteiger partial charge in [0, 0.05) is 17.2 Å². The summed E-state index contributed by atoms with van der Waals surface area (Å²) in [6, 6.07) is 8.93. The van der Waals surface area contributed by atoms with Crippen molar-refractivity contribution in [3.63, 3.8) is 0 Å². The fraction of sp³-hybridized carbons (Fsp3) is 0.375. The molecule has 174 valence electrons. The van der Waals surface area contributed by atoms with Crippen molar-refractivity contribution in [2.24, 2.45) is 0 Å². The van der Waals surface area contributed by atoms with Crippen LogP contribution < -0.4 is 9.46 Å². The zero-order valence-corrected chi connectivity index (χ0v) is 18.9. The van der Waals surface area contributed by atoms with Gasteiger partial charge in [-0.15, -0.1) is 0 Å². The van der Waals surface area contributed by atoms with E-state index in [2.05, 4.69) is 9.71 Å². The molecule has 1 N–H and O–H groups in total. The van der Waals surface area contributed by atoms with E-state index < -0.39 is 27.1 Å². The fourth-order valence-corrected chi connectivity index (χ4v) is 5.78. The van der Waals surface area contributed by atoms with Crippen molar-refractivity contribution in [1.29, 1.82) is 0 Å². The van der Waals surface area contributed by atoms with Gasteiger partial charge in [-0.2, -0.15) is 0 Å². The van der Waals surface area contributed by atoms with Crippen LogP contribution in [-0.4, -0.2) is 25.2 Å². The molecule has 1 spiro atoms. The lowest BCUT2D eigenvalue weighted by Gasteiger charge is -2.27. The van der Waals surface area contributed by atoms with E-state index >= 15 is 0 Å². The molecule has 2 atom stereocenters. The van der Waals surface area contributed by atoms with Gasteiger partial charge in [0.05, 0.1) is 11.2 Å². The van der Waals surface area contributed by atoms with E-state index in [1.54, 1.807) is 25.1 Å². The van der Waals surface area contributed by atoms with Gasteiger partial charge in [-0.05, 0) is 56.4 Å². The van der Waals surface area contributed by atoms with Gasteiger partial charge in [-0.3, -0.25) is 0 Å². The molecule has 33 heavy (non-hydrogen) atoms. The molecule has 0 amide bonds. The van der Waals surface area contributed by atoms with E-state index in [-0.39, 0.29) is 29.7 Å². The molecule has 0 unspecified atom stereocenters. The van der Waals surface area contributed by atoms with E-state index in [0.29, 0.717) is 42.8 Å². The van der Waals surface area contributed by atoms with Gasteiger partial charge in [0.25, 0.3) is 0 Å². The van der Waals surface area contributed by atoms with Crippen molar-refractivity contribution >= 4 is 10.0 Å². The van der Waals surface area contributed by atoms with Crippen LogP contribution in [0.1, 0.15) is 43.3 Å². The number of benzene rings is 2. The Morgan fingerprint density at radius 1 is 1.18 bits per heavy atom.